The number of hydrogen-bond donors (Lipinski definition) is 2. The van der Waals surface area contributed by atoms with Gasteiger partial charge in [0, 0.05) is 6.42 Å². The Balaban J connectivity index is 1.58. The SMILES string of the molecule is CC(C)(C)c1cc(CCC(=O)N/N=C\c2ccc(OCc3ccccc3)c(Br)c2)cc(C(C)(C)C)c1O. The number of hydrazone groups is 1. The summed E-state index contributed by atoms with van der Waals surface area (Å²) in [5.41, 5.74) is 6.97. The van der Waals surface area contributed by atoms with Crippen LogP contribution < -0.4 is 10.2 Å². The summed E-state index contributed by atoms with van der Waals surface area (Å²) in [6, 6.07) is 19.7. The van der Waals surface area contributed by atoms with Gasteiger partial charge in [0.25, 0.3) is 0 Å². The van der Waals surface area contributed by atoms with Crippen molar-refractivity contribution in [3.8, 4) is 11.5 Å². The molecule has 3 rings (SSSR count). The second-order valence-electron chi connectivity index (χ2n) is 11.3. The number of halogens is 1. The summed E-state index contributed by atoms with van der Waals surface area (Å²) in [5, 5.41) is 15.0. The highest BCUT2D eigenvalue weighted by atomic mass is 79.9. The number of amides is 1. The van der Waals surface area contributed by atoms with Gasteiger partial charge in [-0.1, -0.05) is 84.0 Å². The quantitative estimate of drug-likeness (QED) is 0.221. The molecule has 0 spiro atoms. The molecular weight excluding hydrogens is 528 g/mol. The van der Waals surface area contributed by atoms with Crippen LogP contribution >= 0.6 is 15.9 Å². The van der Waals surface area contributed by atoms with Crippen LogP contribution in [0.15, 0.2) is 70.2 Å². The van der Waals surface area contributed by atoms with E-state index in [9.17, 15) is 9.90 Å². The maximum absolute atomic E-state index is 12.5. The number of phenolic OH excluding ortho intramolecular Hbond substituents is 1. The number of hydrogen-bond acceptors (Lipinski definition) is 4. The molecule has 3 aromatic carbocycles. The number of ether oxygens (including phenoxy) is 1. The van der Waals surface area contributed by atoms with Crippen LogP contribution in [0.1, 0.15) is 75.8 Å². The van der Waals surface area contributed by atoms with Crippen LogP contribution in [0.4, 0.5) is 0 Å². The highest BCUT2D eigenvalue weighted by Crippen LogP contribution is 2.40. The first-order valence-electron chi connectivity index (χ1n) is 12.5. The molecular formula is C31H37BrN2O3. The van der Waals surface area contributed by atoms with Crippen molar-refractivity contribution in [1.29, 1.82) is 0 Å². The number of carbonyl (C=O) groups is 1. The van der Waals surface area contributed by atoms with Crippen molar-refractivity contribution in [3.05, 3.63) is 93.0 Å². The largest absolute Gasteiger partial charge is 0.507 e. The number of aromatic hydroxyl groups is 1. The Morgan fingerprint density at radius 1 is 0.946 bits per heavy atom. The number of benzene rings is 3. The lowest BCUT2D eigenvalue weighted by molar-refractivity contribution is -0.121. The van der Waals surface area contributed by atoms with Crippen LogP contribution in [0, 0.1) is 0 Å². The topological polar surface area (TPSA) is 70.9 Å². The Kier molecular flexibility index (Phi) is 9.19. The van der Waals surface area contributed by atoms with Crippen LogP contribution in [0.3, 0.4) is 0 Å². The highest BCUT2D eigenvalue weighted by Gasteiger charge is 2.26. The van der Waals surface area contributed by atoms with Crippen LogP contribution in [0.25, 0.3) is 0 Å². The summed E-state index contributed by atoms with van der Waals surface area (Å²) >= 11 is 3.54. The lowest BCUT2D eigenvalue weighted by Crippen LogP contribution is -2.20. The predicted octanol–water partition coefficient (Wildman–Crippen LogP) is 7.41. The molecule has 196 valence electrons. The maximum Gasteiger partial charge on any atom is 0.240 e. The molecule has 37 heavy (non-hydrogen) atoms. The molecule has 0 unspecified atom stereocenters. The van der Waals surface area contributed by atoms with Gasteiger partial charge in [-0.15, -0.1) is 0 Å². The Labute approximate surface area is 229 Å². The van der Waals surface area contributed by atoms with Gasteiger partial charge in [0.05, 0.1) is 10.7 Å². The third kappa shape index (κ3) is 8.19. The van der Waals surface area contributed by atoms with E-state index in [4.69, 9.17) is 4.74 Å². The van der Waals surface area contributed by atoms with E-state index in [0.717, 1.165) is 38.0 Å². The fourth-order valence-electron chi connectivity index (χ4n) is 3.92. The van der Waals surface area contributed by atoms with Crippen molar-refractivity contribution in [2.75, 3.05) is 0 Å². The molecule has 0 aromatic heterocycles. The van der Waals surface area contributed by atoms with Gasteiger partial charge < -0.3 is 9.84 Å². The van der Waals surface area contributed by atoms with E-state index in [-0.39, 0.29) is 16.7 Å². The van der Waals surface area contributed by atoms with Crippen molar-refractivity contribution >= 4 is 28.1 Å². The van der Waals surface area contributed by atoms with Crippen molar-refractivity contribution < 1.29 is 14.6 Å². The van der Waals surface area contributed by atoms with Crippen molar-refractivity contribution in [1.82, 2.24) is 5.43 Å². The molecule has 3 aromatic rings. The summed E-state index contributed by atoms with van der Waals surface area (Å²) in [5.74, 6) is 0.921. The van der Waals surface area contributed by atoms with Gasteiger partial charge >= 0.3 is 0 Å². The first-order valence-corrected chi connectivity index (χ1v) is 13.3. The van der Waals surface area contributed by atoms with E-state index in [1.54, 1.807) is 6.21 Å². The van der Waals surface area contributed by atoms with Gasteiger partial charge in [-0.05, 0) is 79.2 Å². The molecule has 6 heteroatoms. The number of nitrogens with zero attached hydrogens (tertiary/aromatic N) is 1. The molecule has 5 nitrogen and oxygen atoms in total. The zero-order valence-electron chi connectivity index (χ0n) is 22.6. The fourth-order valence-corrected chi connectivity index (χ4v) is 4.44. The van der Waals surface area contributed by atoms with E-state index >= 15 is 0 Å². The normalized spacial score (nSPS) is 12.1. The van der Waals surface area contributed by atoms with E-state index in [1.165, 1.54) is 0 Å². The summed E-state index contributed by atoms with van der Waals surface area (Å²) in [7, 11) is 0. The molecule has 0 fully saturated rings. The van der Waals surface area contributed by atoms with Crippen LogP contribution in [0.5, 0.6) is 11.5 Å². The summed E-state index contributed by atoms with van der Waals surface area (Å²) in [4.78, 5) is 12.5. The molecule has 0 saturated carbocycles. The molecule has 0 aliphatic rings. The number of phenols is 1. The third-order valence-electron chi connectivity index (χ3n) is 6.02. The van der Waals surface area contributed by atoms with Gasteiger partial charge in [-0.25, -0.2) is 5.43 Å². The second kappa shape index (κ2) is 12.0. The van der Waals surface area contributed by atoms with Crippen LogP contribution in [-0.2, 0) is 28.7 Å². The first-order chi connectivity index (χ1) is 17.3. The zero-order chi connectivity index (χ0) is 27.2. The Morgan fingerprint density at radius 2 is 1.57 bits per heavy atom. The summed E-state index contributed by atoms with van der Waals surface area (Å²) < 4.78 is 6.70. The average Bonchev–Trinajstić information content (AvgIpc) is 2.82. The third-order valence-corrected chi connectivity index (χ3v) is 6.64. The van der Waals surface area contributed by atoms with E-state index in [1.807, 2.05) is 60.7 Å². The number of nitrogens with one attached hydrogen (secondary N) is 1. The van der Waals surface area contributed by atoms with Crippen LogP contribution in [-0.4, -0.2) is 17.2 Å². The first kappa shape index (κ1) is 28.5. The minimum atomic E-state index is -0.205. The minimum Gasteiger partial charge on any atom is -0.507 e. The Morgan fingerprint density at radius 3 is 2.14 bits per heavy atom. The van der Waals surface area contributed by atoms with E-state index in [2.05, 4.69) is 68.0 Å². The zero-order valence-corrected chi connectivity index (χ0v) is 24.1. The number of aryl methyl sites for hydroxylation is 1. The smallest absolute Gasteiger partial charge is 0.240 e. The molecule has 0 aliphatic heterocycles. The maximum atomic E-state index is 12.5. The minimum absolute atomic E-state index is 0.166. The van der Waals surface area contributed by atoms with Gasteiger partial charge in [0.1, 0.15) is 18.1 Å². The standard InChI is InChI=1S/C31H37BrN2O3/c1-30(2,3)24-16-22(17-25(29(24)36)31(4,5)6)13-15-28(35)34-33-19-23-12-14-27(26(32)18-23)37-20-21-10-8-7-9-11-21/h7-12,14,16-19,36H,13,15,20H2,1-6H3,(H,34,35)/b33-19-. The number of carbonyl (C=O) groups excluding carboxylic acids is 1. The molecule has 0 heterocycles. The monoisotopic (exact) mass is 564 g/mol. The summed E-state index contributed by atoms with van der Waals surface area (Å²) in [6.07, 6.45) is 2.47. The van der Waals surface area contributed by atoms with Gasteiger partial charge in [0.15, 0.2) is 0 Å². The predicted molar refractivity (Wildman–Crippen MR) is 154 cm³/mol. The molecule has 0 atom stereocenters. The molecule has 0 radical (unpaired) electrons. The molecule has 2 N–H and O–H groups in total. The molecule has 0 aliphatic carbocycles. The van der Waals surface area contributed by atoms with Gasteiger partial charge in [0.2, 0.25) is 5.91 Å². The molecule has 0 bridgehead atoms. The summed E-state index contributed by atoms with van der Waals surface area (Å²) in [6.45, 7) is 13.0. The van der Waals surface area contributed by atoms with Crippen molar-refractivity contribution in [2.45, 2.75) is 71.8 Å². The average molecular weight is 566 g/mol. The molecule has 1 amide bonds. The Bertz CT molecular complexity index is 1220. The lowest BCUT2D eigenvalue weighted by Gasteiger charge is -2.28. The van der Waals surface area contributed by atoms with Crippen molar-refractivity contribution in [3.63, 3.8) is 0 Å². The fraction of sp³-hybridized carbons (Fsp3) is 0.355. The van der Waals surface area contributed by atoms with E-state index < -0.39 is 0 Å². The highest BCUT2D eigenvalue weighted by molar-refractivity contribution is 9.10. The lowest BCUT2D eigenvalue weighted by atomic mass is 9.78. The van der Waals surface area contributed by atoms with Crippen LogP contribution in [0.2, 0.25) is 0 Å². The van der Waals surface area contributed by atoms with Crippen molar-refractivity contribution in [2.24, 2.45) is 5.10 Å². The molecule has 0 saturated heterocycles. The Hall–Kier alpha value is -3.12. The second-order valence-corrected chi connectivity index (χ2v) is 12.2. The van der Waals surface area contributed by atoms with Gasteiger partial charge in [-0.2, -0.15) is 5.10 Å². The van der Waals surface area contributed by atoms with E-state index in [0.29, 0.717) is 25.2 Å². The van der Waals surface area contributed by atoms with Gasteiger partial charge in [-0.3, -0.25) is 4.79 Å². The number of rotatable bonds is 8.